The standard InChI is InChI=1S/C20H17Cl2N3/c1-3-11-25-14(2)16(15-7-4-5-10-20(15)25)12-23-24-13-17-18(21)8-6-9-19(17)22/h1,4-10,12,24H,11,13H2,2H3/b23-12-. The minimum atomic E-state index is 0.455. The topological polar surface area (TPSA) is 29.3 Å². The Morgan fingerprint density at radius 1 is 1.16 bits per heavy atom. The summed E-state index contributed by atoms with van der Waals surface area (Å²) >= 11 is 12.3. The minimum absolute atomic E-state index is 0.455. The monoisotopic (exact) mass is 369 g/mol. The highest BCUT2D eigenvalue weighted by molar-refractivity contribution is 6.35. The lowest BCUT2D eigenvalue weighted by Gasteiger charge is -2.06. The van der Waals surface area contributed by atoms with E-state index in [1.165, 1.54) is 0 Å². The molecule has 1 aromatic heterocycles. The molecule has 3 rings (SSSR count). The van der Waals surface area contributed by atoms with Crippen LogP contribution in [0.4, 0.5) is 0 Å². The molecule has 3 aromatic rings. The van der Waals surface area contributed by atoms with Gasteiger partial charge in [0.2, 0.25) is 0 Å². The molecule has 0 fully saturated rings. The summed E-state index contributed by atoms with van der Waals surface area (Å²) in [7, 11) is 0. The summed E-state index contributed by atoms with van der Waals surface area (Å²) in [6.07, 6.45) is 7.32. The maximum Gasteiger partial charge on any atom is 0.0837 e. The van der Waals surface area contributed by atoms with Crippen LogP contribution in [-0.4, -0.2) is 10.8 Å². The van der Waals surface area contributed by atoms with Crippen LogP contribution >= 0.6 is 23.2 Å². The van der Waals surface area contributed by atoms with Gasteiger partial charge in [0.15, 0.2) is 0 Å². The number of hydrazone groups is 1. The van der Waals surface area contributed by atoms with Crippen molar-refractivity contribution in [2.45, 2.75) is 20.0 Å². The first-order valence-corrected chi connectivity index (χ1v) is 8.59. The fourth-order valence-corrected chi connectivity index (χ4v) is 3.38. The van der Waals surface area contributed by atoms with Crippen LogP contribution in [-0.2, 0) is 13.1 Å². The Bertz CT molecular complexity index is 960. The first-order chi connectivity index (χ1) is 12.1. The van der Waals surface area contributed by atoms with Crippen LogP contribution in [0.25, 0.3) is 10.9 Å². The van der Waals surface area contributed by atoms with Crippen molar-refractivity contribution in [2.75, 3.05) is 0 Å². The Balaban J connectivity index is 1.85. The second-order valence-corrected chi connectivity index (χ2v) is 6.41. The number of aromatic nitrogens is 1. The van der Waals surface area contributed by atoms with E-state index in [0.29, 0.717) is 23.1 Å². The Kier molecular flexibility index (Phi) is 5.33. The van der Waals surface area contributed by atoms with E-state index < -0.39 is 0 Å². The van der Waals surface area contributed by atoms with Gasteiger partial charge in [-0.2, -0.15) is 5.10 Å². The first-order valence-electron chi connectivity index (χ1n) is 7.83. The highest BCUT2D eigenvalue weighted by atomic mass is 35.5. The third kappa shape index (κ3) is 3.51. The van der Waals surface area contributed by atoms with Gasteiger partial charge in [0, 0.05) is 37.8 Å². The molecule has 0 radical (unpaired) electrons. The highest BCUT2D eigenvalue weighted by Crippen LogP contribution is 2.25. The van der Waals surface area contributed by atoms with Crippen molar-refractivity contribution in [3.8, 4) is 12.3 Å². The average molecular weight is 370 g/mol. The fraction of sp³-hybridized carbons (Fsp3) is 0.150. The molecular weight excluding hydrogens is 353 g/mol. The van der Waals surface area contributed by atoms with Crippen LogP contribution < -0.4 is 5.43 Å². The van der Waals surface area contributed by atoms with E-state index in [2.05, 4.69) is 33.1 Å². The van der Waals surface area contributed by atoms with Crippen molar-refractivity contribution in [2.24, 2.45) is 5.10 Å². The van der Waals surface area contributed by atoms with E-state index in [4.69, 9.17) is 29.6 Å². The van der Waals surface area contributed by atoms with Gasteiger partial charge >= 0.3 is 0 Å². The molecule has 2 aromatic carbocycles. The third-order valence-corrected chi connectivity index (χ3v) is 4.84. The Hall–Kier alpha value is -2.41. The number of nitrogens with one attached hydrogen (secondary N) is 1. The van der Waals surface area contributed by atoms with Gasteiger partial charge in [-0.05, 0) is 25.1 Å². The summed E-state index contributed by atoms with van der Waals surface area (Å²) < 4.78 is 2.11. The van der Waals surface area contributed by atoms with Crippen LogP contribution in [0.5, 0.6) is 0 Å². The predicted octanol–water partition coefficient (Wildman–Crippen LogP) is 5.01. The van der Waals surface area contributed by atoms with Gasteiger partial charge < -0.3 is 9.99 Å². The molecule has 0 spiro atoms. The van der Waals surface area contributed by atoms with Crippen LogP contribution in [0.1, 0.15) is 16.8 Å². The number of benzene rings is 2. The van der Waals surface area contributed by atoms with Crippen LogP contribution in [0.3, 0.4) is 0 Å². The second kappa shape index (κ2) is 7.65. The molecule has 0 amide bonds. The molecule has 0 atom stereocenters. The molecule has 0 unspecified atom stereocenters. The molecule has 0 bridgehead atoms. The molecule has 0 saturated carbocycles. The van der Waals surface area contributed by atoms with E-state index in [0.717, 1.165) is 27.7 Å². The number of rotatable bonds is 5. The summed E-state index contributed by atoms with van der Waals surface area (Å²) in [6, 6.07) is 13.6. The van der Waals surface area contributed by atoms with E-state index in [-0.39, 0.29) is 0 Å². The average Bonchev–Trinajstić information content (AvgIpc) is 2.87. The molecule has 1 N–H and O–H groups in total. The van der Waals surface area contributed by atoms with Crippen LogP contribution in [0.15, 0.2) is 47.6 Å². The quantitative estimate of drug-likeness (QED) is 0.382. The van der Waals surface area contributed by atoms with Crippen molar-refractivity contribution < 1.29 is 0 Å². The van der Waals surface area contributed by atoms with Gasteiger partial charge in [-0.1, -0.05) is 53.4 Å². The van der Waals surface area contributed by atoms with E-state index in [1.807, 2.05) is 43.5 Å². The highest BCUT2D eigenvalue weighted by Gasteiger charge is 2.11. The van der Waals surface area contributed by atoms with E-state index in [1.54, 1.807) is 0 Å². The summed E-state index contributed by atoms with van der Waals surface area (Å²) in [5.74, 6) is 2.71. The largest absolute Gasteiger partial charge is 0.333 e. The molecule has 0 aliphatic heterocycles. The molecule has 0 saturated heterocycles. The minimum Gasteiger partial charge on any atom is -0.333 e. The van der Waals surface area contributed by atoms with E-state index in [9.17, 15) is 0 Å². The Labute approximate surface area is 157 Å². The zero-order valence-electron chi connectivity index (χ0n) is 13.8. The Morgan fingerprint density at radius 3 is 2.60 bits per heavy atom. The number of halogens is 2. The number of hydrogen-bond acceptors (Lipinski definition) is 2. The van der Waals surface area contributed by atoms with Gasteiger partial charge in [-0.15, -0.1) is 6.42 Å². The lowest BCUT2D eigenvalue weighted by atomic mass is 10.1. The third-order valence-electron chi connectivity index (χ3n) is 4.13. The maximum atomic E-state index is 6.17. The SMILES string of the molecule is C#CCn1c(C)c(/C=N\NCc2c(Cl)cccc2Cl)c2ccccc21. The van der Waals surface area contributed by atoms with Crippen LogP contribution in [0.2, 0.25) is 10.0 Å². The van der Waals surface area contributed by atoms with Gasteiger partial charge in [0.05, 0.1) is 19.3 Å². The lowest BCUT2D eigenvalue weighted by Crippen LogP contribution is -2.07. The molecular formula is C20H17Cl2N3. The first kappa shape index (κ1) is 17.4. The zero-order chi connectivity index (χ0) is 17.8. The number of nitrogens with zero attached hydrogens (tertiary/aromatic N) is 2. The normalized spacial score (nSPS) is 11.1. The van der Waals surface area contributed by atoms with Gasteiger partial charge in [0.25, 0.3) is 0 Å². The summed E-state index contributed by atoms with van der Waals surface area (Å²) in [4.78, 5) is 0. The van der Waals surface area contributed by atoms with E-state index >= 15 is 0 Å². The van der Waals surface area contributed by atoms with Crippen molar-refractivity contribution in [1.29, 1.82) is 0 Å². The van der Waals surface area contributed by atoms with Crippen molar-refractivity contribution in [3.63, 3.8) is 0 Å². The predicted molar refractivity (Wildman–Crippen MR) is 106 cm³/mol. The van der Waals surface area contributed by atoms with Crippen molar-refractivity contribution >= 4 is 40.3 Å². The van der Waals surface area contributed by atoms with Gasteiger partial charge in [0.1, 0.15) is 0 Å². The lowest BCUT2D eigenvalue weighted by molar-refractivity contribution is 0.748. The summed E-state index contributed by atoms with van der Waals surface area (Å²) in [5.41, 5.74) is 7.08. The molecule has 0 aliphatic rings. The maximum absolute atomic E-state index is 6.17. The Morgan fingerprint density at radius 2 is 1.88 bits per heavy atom. The summed E-state index contributed by atoms with van der Waals surface area (Å²) in [5, 5.41) is 6.71. The van der Waals surface area contributed by atoms with Crippen LogP contribution in [0, 0.1) is 19.3 Å². The number of terminal acetylenes is 1. The van der Waals surface area contributed by atoms with Crippen molar-refractivity contribution in [3.05, 3.63) is 69.3 Å². The number of fused-ring (bicyclic) bond motifs is 1. The molecule has 25 heavy (non-hydrogen) atoms. The summed E-state index contributed by atoms with van der Waals surface area (Å²) in [6.45, 7) is 3.03. The number of para-hydroxylation sites is 1. The molecule has 3 nitrogen and oxygen atoms in total. The molecule has 1 heterocycles. The van der Waals surface area contributed by atoms with Gasteiger partial charge in [-0.25, -0.2) is 0 Å². The second-order valence-electron chi connectivity index (χ2n) is 5.60. The molecule has 126 valence electrons. The van der Waals surface area contributed by atoms with Gasteiger partial charge in [-0.3, -0.25) is 0 Å². The molecule has 5 heteroatoms. The van der Waals surface area contributed by atoms with Crippen molar-refractivity contribution in [1.82, 2.24) is 9.99 Å². The molecule has 0 aliphatic carbocycles. The number of hydrogen-bond donors (Lipinski definition) is 1. The smallest absolute Gasteiger partial charge is 0.0837 e. The zero-order valence-corrected chi connectivity index (χ0v) is 15.3. The fourth-order valence-electron chi connectivity index (χ4n) is 2.85.